The fourth-order valence-electron chi connectivity index (χ4n) is 1.49. The predicted molar refractivity (Wildman–Crippen MR) is 59.5 cm³/mol. The van der Waals surface area contributed by atoms with Crippen molar-refractivity contribution in [3.63, 3.8) is 0 Å². The van der Waals surface area contributed by atoms with E-state index in [1.165, 1.54) is 6.07 Å². The first-order chi connectivity index (χ1) is 7.00. The lowest BCUT2D eigenvalue weighted by Crippen LogP contribution is -2.11. The van der Waals surface area contributed by atoms with Gasteiger partial charge in [0.15, 0.2) is 0 Å². The SMILES string of the molecule is Cc1nc2c(C)c(F)c(Br)cc2c(=O)[nH]1. The zero-order valence-corrected chi connectivity index (χ0v) is 9.77. The number of H-pyrrole nitrogens is 1. The van der Waals surface area contributed by atoms with Crippen molar-refractivity contribution in [2.24, 2.45) is 0 Å². The Kier molecular flexibility index (Phi) is 2.34. The van der Waals surface area contributed by atoms with Gasteiger partial charge in [-0.15, -0.1) is 0 Å². The molecule has 0 unspecified atom stereocenters. The Balaban J connectivity index is 3.05. The molecule has 5 heteroatoms. The molecule has 0 radical (unpaired) electrons. The summed E-state index contributed by atoms with van der Waals surface area (Å²) in [4.78, 5) is 18.3. The van der Waals surface area contributed by atoms with Crippen LogP contribution in [-0.2, 0) is 0 Å². The minimum atomic E-state index is -0.375. The standard InChI is InChI=1S/C10H8BrFN2O/c1-4-8(12)7(11)3-6-9(4)13-5(2)14-10(6)15/h3H,1-2H3,(H,13,14,15). The van der Waals surface area contributed by atoms with Crippen LogP contribution in [0, 0.1) is 19.7 Å². The Bertz CT molecular complexity index is 606. The maximum Gasteiger partial charge on any atom is 0.258 e. The molecule has 0 aliphatic rings. The van der Waals surface area contributed by atoms with Crippen LogP contribution in [0.4, 0.5) is 4.39 Å². The van der Waals surface area contributed by atoms with E-state index in [2.05, 4.69) is 25.9 Å². The molecule has 15 heavy (non-hydrogen) atoms. The van der Waals surface area contributed by atoms with Crippen LogP contribution in [0.2, 0.25) is 0 Å². The van der Waals surface area contributed by atoms with Crippen molar-refractivity contribution in [3.8, 4) is 0 Å². The Hall–Kier alpha value is -1.23. The van der Waals surface area contributed by atoms with E-state index in [0.29, 0.717) is 22.3 Å². The van der Waals surface area contributed by atoms with Gasteiger partial charge in [0, 0.05) is 5.56 Å². The largest absolute Gasteiger partial charge is 0.310 e. The summed E-state index contributed by atoms with van der Waals surface area (Å²) >= 11 is 3.06. The molecule has 0 spiro atoms. The molecule has 0 saturated heterocycles. The normalized spacial score (nSPS) is 10.9. The van der Waals surface area contributed by atoms with Crippen LogP contribution in [0.25, 0.3) is 10.9 Å². The van der Waals surface area contributed by atoms with Gasteiger partial charge in [0.25, 0.3) is 5.56 Å². The zero-order chi connectivity index (χ0) is 11.2. The molecule has 1 aromatic carbocycles. The summed E-state index contributed by atoms with van der Waals surface area (Å²) in [5, 5.41) is 0.395. The van der Waals surface area contributed by atoms with Crippen molar-refractivity contribution in [2.75, 3.05) is 0 Å². The average Bonchev–Trinajstić information content (AvgIpc) is 2.17. The molecule has 3 nitrogen and oxygen atoms in total. The maximum atomic E-state index is 13.5. The van der Waals surface area contributed by atoms with Crippen LogP contribution >= 0.6 is 15.9 Å². The molecule has 0 amide bonds. The molecule has 0 atom stereocenters. The van der Waals surface area contributed by atoms with E-state index < -0.39 is 0 Å². The maximum absolute atomic E-state index is 13.5. The van der Waals surface area contributed by atoms with Crippen molar-refractivity contribution in [3.05, 3.63) is 38.1 Å². The van der Waals surface area contributed by atoms with E-state index in [4.69, 9.17) is 0 Å². The zero-order valence-electron chi connectivity index (χ0n) is 8.19. The van der Waals surface area contributed by atoms with Crippen LogP contribution in [0.5, 0.6) is 0 Å². The van der Waals surface area contributed by atoms with E-state index in [9.17, 15) is 9.18 Å². The molecular formula is C10H8BrFN2O. The Labute approximate surface area is 93.5 Å². The van der Waals surface area contributed by atoms with Crippen LogP contribution in [0.15, 0.2) is 15.3 Å². The number of rotatable bonds is 0. The van der Waals surface area contributed by atoms with E-state index >= 15 is 0 Å². The fourth-order valence-corrected chi connectivity index (χ4v) is 2.01. The summed E-state index contributed by atoms with van der Waals surface area (Å²) < 4.78 is 13.8. The lowest BCUT2D eigenvalue weighted by molar-refractivity contribution is 0.613. The van der Waals surface area contributed by atoms with Gasteiger partial charge in [0.05, 0.1) is 15.4 Å². The molecule has 0 saturated carbocycles. The van der Waals surface area contributed by atoms with Crippen LogP contribution < -0.4 is 5.56 Å². The molecule has 1 heterocycles. The van der Waals surface area contributed by atoms with Crippen molar-refractivity contribution in [1.82, 2.24) is 9.97 Å². The van der Waals surface area contributed by atoms with Gasteiger partial charge in [-0.25, -0.2) is 9.37 Å². The predicted octanol–water partition coefficient (Wildman–Crippen LogP) is 2.44. The number of aromatic nitrogens is 2. The molecule has 2 aromatic rings. The third-order valence-electron chi connectivity index (χ3n) is 2.24. The molecule has 0 fully saturated rings. The lowest BCUT2D eigenvalue weighted by Gasteiger charge is -2.04. The van der Waals surface area contributed by atoms with Gasteiger partial charge in [-0.05, 0) is 35.8 Å². The van der Waals surface area contributed by atoms with E-state index in [1.807, 2.05) is 0 Å². The van der Waals surface area contributed by atoms with Gasteiger partial charge >= 0.3 is 0 Å². The number of benzene rings is 1. The van der Waals surface area contributed by atoms with Gasteiger partial charge < -0.3 is 4.98 Å². The summed E-state index contributed by atoms with van der Waals surface area (Å²) in [5.74, 6) is 0.109. The summed E-state index contributed by atoms with van der Waals surface area (Å²) in [5.41, 5.74) is 0.548. The van der Waals surface area contributed by atoms with Crippen molar-refractivity contribution < 1.29 is 4.39 Å². The molecular weight excluding hydrogens is 263 g/mol. The Morgan fingerprint density at radius 3 is 2.80 bits per heavy atom. The fraction of sp³-hybridized carbons (Fsp3) is 0.200. The molecule has 0 aliphatic heterocycles. The van der Waals surface area contributed by atoms with Gasteiger partial charge in [-0.2, -0.15) is 0 Å². The molecule has 1 N–H and O–H groups in total. The smallest absolute Gasteiger partial charge is 0.258 e. The number of hydrogen-bond acceptors (Lipinski definition) is 2. The number of aryl methyl sites for hydroxylation is 2. The highest BCUT2D eigenvalue weighted by molar-refractivity contribution is 9.10. The summed E-state index contributed by atoms with van der Waals surface area (Å²) in [6.45, 7) is 3.27. The summed E-state index contributed by atoms with van der Waals surface area (Å²) in [7, 11) is 0. The minimum Gasteiger partial charge on any atom is -0.310 e. The van der Waals surface area contributed by atoms with Gasteiger partial charge in [-0.1, -0.05) is 0 Å². The van der Waals surface area contributed by atoms with Gasteiger partial charge in [-0.3, -0.25) is 4.79 Å². The third-order valence-corrected chi connectivity index (χ3v) is 2.82. The Morgan fingerprint density at radius 1 is 1.47 bits per heavy atom. The van der Waals surface area contributed by atoms with Crippen LogP contribution in [0.3, 0.4) is 0 Å². The molecule has 2 rings (SSSR count). The number of fused-ring (bicyclic) bond motifs is 1. The van der Waals surface area contributed by atoms with E-state index in [0.717, 1.165) is 0 Å². The van der Waals surface area contributed by atoms with Crippen LogP contribution in [0.1, 0.15) is 11.4 Å². The minimum absolute atomic E-state index is 0.249. The molecule has 78 valence electrons. The highest BCUT2D eigenvalue weighted by atomic mass is 79.9. The van der Waals surface area contributed by atoms with Crippen molar-refractivity contribution in [1.29, 1.82) is 0 Å². The van der Waals surface area contributed by atoms with Crippen LogP contribution in [-0.4, -0.2) is 9.97 Å². The first kappa shape index (κ1) is 10.3. The number of halogens is 2. The quantitative estimate of drug-likeness (QED) is 0.799. The molecule has 0 aliphatic carbocycles. The number of hydrogen-bond donors (Lipinski definition) is 1. The van der Waals surface area contributed by atoms with E-state index in [-0.39, 0.29) is 15.8 Å². The van der Waals surface area contributed by atoms with Gasteiger partial charge in [0.2, 0.25) is 0 Å². The first-order valence-electron chi connectivity index (χ1n) is 4.36. The number of nitrogens with one attached hydrogen (secondary N) is 1. The number of nitrogens with zero attached hydrogens (tertiary/aromatic N) is 1. The highest BCUT2D eigenvalue weighted by Crippen LogP contribution is 2.24. The van der Waals surface area contributed by atoms with Crippen molar-refractivity contribution >= 4 is 26.8 Å². The third kappa shape index (κ3) is 1.56. The lowest BCUT2D eigenvalue weighted by atomic mass is 10.1. The molecule has 1 aromatic heterocycles. The number of aromatic amines is 1. The second kappa shape index (κ2) is 3.41. The highest BCUT2D eigenvalue weighted by Gasteiger charge is 2.11. The van der Waals surface area contributed by atoms with Crippen molar-refractivity contribution in [2.45, 2.75) is 13.8 Å². The topological polar surface area (TPSA) is 45.8 Å². The average molecular weight is 271 g/mol. The summed E-state index contributed by atoms with van der Waals surface area (Å²) in [6, 6.07) is 1.45. The second-order valence-corrected chi connectivity index (χ2v) is 4.20. The van der Waals surface area contributed by atoms with E-state index in [1.54, 1.807) is 13.8 Å². The second-order valence-electron chi connectivity index (χ2n) is 3.34. The Morgan fingerprint density at radius 2 is 2.13 bits per heavy atom. The monoisotopic (exact) mass is 270 g/mol. The first-order valence-corrected chi connectivity index (χ1v) is 5.15. The molecule has 0 bridgehead atoms. The summed E-state index contributed by atoms with van der Waals surface area (Å²) in [6.07, 6.45) is 0. The van der Waals surface area contributed by atoms with Gasteiger partial charge in [0.1, 0.15) is 11.6 Å².